The third-order valence-electron chi connectivity index (χ3n) is 4.26. The van der Waals surface area contributed by atoms with Gasteiger partial charge in [0.1, 0.15) is 0 Å². The highest BCUT2D eigenvalue weighted by Crippen LogP contribution is 2.44. The molecule has 4 heteroatoms. The van der Waals surface area contributed by atoms with Crippen molar-refractivity contribution in [2.75, 3.05) is 18.0 Å². The molecule has 1 atom stereocenters. The molecular formula is C14H22N2OS. The molecule has 2 fully saturated rings. The van der Waals surface area contributed by atoms with Crippen LogP contribution >= 0.6 is 11.3 Å². The standard InChI is InChI=1S/C14H22N2OS/c1-9(2)11-5-6-16(7-11)14-15-13(10-3-4-10)12(8-17)18-14/h9-11,17H,3-8H2,1-2H3. The van der Waals surface area contributed by atoms with E-state index in [0.717, 1.165) is 34.9 Å². The summed E-state index contributed by atoms with van der Waals surface area (Å²) in [6, 6.07) is 0. The summed E-state index contributed by atoms with van der Waals surface area (Å²) in [6.45, 7) is 7.05. The van der Waals surface area contributed by atoms with Crippen molar-refractivity contribution in [3.63, 3.8) is 0 Å². The molecule has 0 bridgehead atoms. The molecule has 1 aliphatic heterocycles. The molecule has 0 amide bonds. The zero-order chi connectivity index (χ0) is 12.7. The molecule has 3 nitrogen and oxygen atoms in total. The van der Waals surface area contributed by atoms with E-state index < -0.39 is 0 Å². The fourth-order valence-electron chi connectivity index (χ4n) is 2.78. The third-order valence-corrected chi connectivity index (χ3v) is 5.38. The lowest BCUT2D eigenvalue weighted by atomic mass is 9.95. The number of anilines is 1. The summed E-state index contributed by atoms with van der Waals surface area (Å²) in [5.74, 6) is 2.20. The van der Waals surface area contributed by atoms with E-state index in [2.05, 4.69) is 18.7 Å². The Hall–Kier alpha value is -0.610. The fourth-order valence-corrected chi connectivity index (χ4v) is 3.82. The molecule has 1 aromatic heterocycles. The lowest BCUT2D eigenvalue weighted by Crippen LogP contribution is -2.20. The Bertz CT molecular complexity index is 425. The van der Waals surface area contributed by atoms with Crippen LogP contribution in [0.2, 0.25) is 0 Å². The maximum Gasteiger partial charge on any atom is 0.185 e. The van der Waals surface area contributed by atoms with Crippen molar-refractivity contribution in [3.05, 3.63) is 10.6 Å². The average Bonchev–Trinajstić information content (AvgIpc) is 2.94. The van der Waals surface area contributed by atoms with Crippen molar-refractivity contribution in [2.45, 2.75) is 45.6 Å². The molecule has 1 unspecified atom stereocenters. The summed E-state index contributed by atoms with van der Waals surface area (Å²) in [6.07, 6.45) is 3.79. The first-order valence-corrected chi connectivity index (χ1v) is 7.86. The van der Waals surface area contributed by atoms with Crippen LogP contribution in [0.15, 0.2) is 0 Å². The molecule has 100 valence electrons. The van der Waals surface area contributed by atoms with E-state index >= 15 is 0 Å². The number of thiazole rings is 1. The zero-order valence-electron chi connectivity index (χ0n) is 11.2. The van der Waals surface area contributed by atoms with Crippen molar-refractivity contribution in [1.29, 1.82) is 0 Å². The predicted octanol–water partition coefficient (Wildman–Crippen LogP) is 3.00. The molecule has 2 heterocycles. The van der Waals surface area contributed by atoms with E-state index in [-0.39, 0.29) is 6.61 Å². The highest BCUT2D eigenvalue weighted by molar-refractivity contribution is 7.15. The van der Waals surface area contributed by atoms with Gasteiger partial charge in [-0.05, 0) is 31.1 Å². The van der Waals surface area contributed by atoms with Gasteiger partial charge in [0, 0.05) is 19.0 Å². The molecule has 18 heavy (non-hydrogen) atoms. The summed E-state index contributed by atoms with van der Waals surface area (Å²) in [5.41, 5.74) is 1.19. The summed E-state index contributed by atoms with van der Waals surface area (Å²) in [5, 5.41) is 10.6. The Morgan fingerprint density at radius 1 is 1.39 bits per heavy atom. The molecule has 0 radical (unpaired) electrons. The minimum Gasteiger partial charge on any atom is -0.391 e. The van der Waals surface area contributed by atoms with Crippen LogP contribution < -0.4 is 4.90 Å². The minimum atomic E-state index is 0.158. The number of rotatable bonds is 4. The van der Waals surface area contributed by atoms with Gasteiger partial charge < -0.3 is 10.0 Å². The van der Waals surface area contributed by atoms with Crippen LogP contribution in [-0.4, -0.2) is 23.2 Å². The number of aromatic nitrogens is 1. The molecular weight excluding hydrogens is 244 g/mol. The molecule has 1 saturated heterocycles. The van der Waals surface area contributed by atoms with Crippen molar-refractivity contribution in [1.82, 2.24) is 4.98 Å². The van der Waals surface area contributed by atoms with E-state index in [1.807, 2.05) is 0 Å². The molecule has 2 aliphatic rings. The summed E-state index contributed by atoms with van der Waals surface area (Å²) in [7, 11) is 0. The van der Waals surface area contributed by atoms with E-state index in [1.54, 1.807) is 11.3 Å². The van der Waals surface area contributed by atoms with Crippen LogP contribution in [0.4, 0.5) is 5.13 Å². The van der Waals surface area contributed by atoms with Gasteiger partial charge in [-0.1, -0.05) is 25.2 Å². The van der Waals surface area contributed by atoms with Gasteiger partial charge >= 0.3 is 0 Å². The highest BCUT2D eigenvalue weighted by atomic mass is 32.1. The summed E-state index contributed by atoms with van der Waals surface area (Å²) >= 11 is 1.70. The number of hydrogen-bond acceptors (Lipinski definition) is 4. The summed E-state index contributed by atoms with van der Waals surface area (Å²) < 4.78 is 0. The second-order valence-electron chi connectivity index (χ2n) is 5.98. The van der Waals surface area contributed by atoms with Crippen molar-refractivity contribution in [3.8, 4) is 0 Å². The van der Waals surface area contributed by atoms with Gasteiger partial charge in [-0.3, -0.25) is 0 Å². The molecule has 0 spiro atoms. The molecule has 1 N–H and O–H groups in total. The van der Waals surface area contributed by atoms with Crippen LogP contribution in [0.5, 0.6) is 0 Å². The lowest BCUT2D eigenvalue weighted by molar-refractivity contribution is 0.284. The van der Waals surface area contributed by atoms with Crippen LogP contribution in [0.25, 0.3) is 0 Å². The molecule has 1 saturated carbocycles. The number of aliphatic hydroxyl groups excluding tert-OH is 1. The summed E-state index contributed by atoms with van der Waals surface area (Å²) in [4.78, 5) is 8.32. The Balaban J connectivity index is 1.76. The maximum absolute atomic E-state index is 9.44. The average molecular weight is 266 g/mol. The topological polar surface area (TPSA) is 36.4 Å². The van der Waals surface area contributed by atoms with Gasteiger partial charge in [-0.2, -0.15) is 0 Å². The normalized spacial score (nSPS) is 24.2. The van der Waals surface area contributed by atoms with E-state index in [1.165, 1.54) is 25.0 Å². The maximum atomic E-state index is 9.44. The Labute approximate surface area is 113 Å². The Morgan fingerprint density at radius 2 is 2.17 bits per heavy atom. The van der Waals surface area contributed by atoms with E-state index in [9.17, 15) is 5.11 Å². The monoisotopic (exact) mass is 266 g/mol. The third kappa shape index (κ3) is 2.28. The fraction of sp³-hybridized carbons (Fsp3) is 0.786. The van der Waals surface area contributed by atoms with Crippen LogP contribution in [0.1, 0.15) is 49.6 Å². The lowest BCUT2D eigenvalue weighted by Gasteiger charge is -2.16. The number of hydrogen-bond donors (Lipinski definition) is 1. The predicted molar refractivity (Wildman–Crippen MR) is 75.2 cm³/mol. The van der Waals surface area contributed by atoms with E-state index in [4.69, 9.17) is 4.98 Å². The van der Waals surface area contributed by atoms with Crippen LogP contribution in [-0.2, 0) is 6.61 Å². The second-order valence-corrected chi connectivity index (χ2v) is 7.04. The van der Waals surface area contributed by atoms with Crippen molar-refractivity contribution < 1.29 is 5.11 Å². The van der Waals surface area contributed by atoms with Gasteiger partial charge in [0.2, 0.25) is 0 Å². The number of nitrogens with zero attached hydrogens (tertiary/aromatic N) is 2. The van der Waals surface area contributed by atoms with E-state index in [0.29, 0.717) is 5.92 Å². The zero-order valence-corrected chi connectivity index (χ0v) is 12.0. The van der Waals surface area contributed by atoms with Crippen molar-refractivity contribution >= 4 is 16.5 Å². The molecule has 1 aromatic rings. The van der Waals surface area contributed by atoms with Gasteiger partial charge in [-0.15, -0.1) is 0 Å². The molecule has 1 aliphatic carbocycles. The second kappa shape index (κ2) is 4.82. The van der Waals surface area contributed by atoms with Gasteiger partial charge in [0.25, 0.3) is 0 Å². The Kier molecular flexibility index (Phi) is 3.32. The first-order chi connectivity index (χ1) is 8.69. The van der Waals surface area contributed by atoms with Crippen LogP contribution in [0, 0.1) is 11.8 Å². The first kappa shape index (κ1) is 12.4. The highest BCUT2D eigenvalue weighted by Gasteiger charge is 2.32. The molecule has 3 rings (SSSR count). The Morgan fingerprint density at radius 3 is 2.72 bits per heavy atom. The van der Waals surface area contributed by atoms with Gasteiger partial charge in [0.05, 0.1) is 17.2 Å². The SMILES string of the molecule is CC(C)C1CCN(c2nc(C3CC3)c(CO)s2)C1. The van der Waals surface area contributed by atoms with Crippen molar-refractivity contribution in [2.24, 2.45) is 11.8 Å². The van der Waals surface area contributed by atoms with Gasteiger partial charge in [-0.25, -0.2) is 4.98 Å². The quantitative estimate of drug-likeness (QED) is 0.910. The molecule has 0 aromatic carbocycles. The smallest absolute Gasteiger partial charge is 0.185 e. The van der Waals surface area contributed by atoms with Gasteiger partial charge in [0.15, 0.2) is 5.13 Å². The first-order valence-electron chi connectivity index (χ1n) is 7.04. The number of aliphatic hydroxyl groups is 1. The minimum absolute atomic E-state index is 0.158. The largest absolute Gasteiger partial charge is 0.391 e. The van der Waals surface area contributed by atoms with Crippen LogP contribution in [0.3, 0.4) is 0 Å².